The highest BCUT2D eigenvalue weighted by Gasteiger charge is 2.38. The Labute approximate surface area is 159 Å². The van der Waals surface area contributed by atoms with Gasteiger partial charge in [0.1, 0.15) is 11.8 Å². The predicted molar refractivity (Wildman–Crippen MR) is 102 cm³/mol. The summed E-state index contributed by atoms with van der Waals surface area (Å²) in [5, 5.41) is 5.52. The van der Waals surface area contributed by atoms with Gasteiger partial charge in [0.2, 0.25) is 15.9 Å². The van der Waals surface area contributed by atoms with Crippen molar-refractivity contribution in [3.05, 3.63) is 18.2 Å². The van der Waals surface area contributed by atoms with Crippen molar-refractivity contribution in [2.24, 2.45) is 0 Å². The van der Waals surface area contributed by atoms with E-state index in [2.05, 4.69) is 10.6 Å². The lowest BCUT2D eigenvalue weighted by molar-refractivity contribution is -0.122. The van der Waals surface area contributed by atoms with Gasteiger partial charge in [-0.05, 0) is 38.0 Å². The van der Waals surface area contributed by atoms with Crippen LogP contribution in [0.25, 0.3) is 0 Å². The van der Waals surface area contributed by atoms with E-state index in [-0.39, 0.29) is 17.6 Å². The van der Waals surface area contributed by atoms with Gasteiger partial charge in [0.25, 0.3) is 5.91 Å². The van der Waals surface area contributed by atoms with Crippen LogP contribution >= 0.6 is 0 Å². The Bertz CT molecular complexity index is 839. The van der Waals surface area contributed by atoms with Gasteiger partial charge in [-0.2, -0.15) is 4.31 Å². The van der Waals surface area contributed by atoms with Crippen molar-refractivity contribution in [2.45, 2.75) is 51.7 Å². The van der Waals surface area contributed by atoms with Gasteiger partial charge in [0.05, 0.1) is 11.4 Å². The second-order valence-corrected chi connectivity index (χ2v) is 8.93. The summed E-state index contributed by atoms with van der Waals surface area (Å²) in [6.45, 7) is 4.03. The van der Waals surface area contributed by atoms with Gasteiger partial charge in [-0.1, -0.05) is 19.8 Å². The van der Waals surface area contributed by atoms with Crippen molar-refractivity contribution in [1.29, 1.82) is 0 Å². The summed E-state index contributed by atoms with van der Waals surface area (Å²) in [5.41, 5.74) is 0.963. The molecule has 2 aliphatic rings. The molecule has 1 aromatic carbocycles. The van der Waals surface area contributed by atoms with Crippen LogP contribution in [0.5, 0.6) is 5.75 Å². The van der Waals surface area contributed by atoms with E-state index in [0.717, 1.165) is 12.8 Å². The van der Waals surface area contributed by atoms with Crippen LogP contribution in [-0.2, 0) is 19.6 Å². The van der Waals surface area contributed by atoms with Gasteiger partial charge in [-0.15, -0.1) is 0 Å². The van der Waals surface area contributed by atoms with E-state index in [1.165, 1.54) is 4.31 Å². The molecule has 0 unspecified atom stereocenters. The van der Waals surface area contributed by atoms with Crippen LogP contribution in [0.15, 0.2) is 18.2 Å². The topological polar surface area (TPSA) is 105 Å². The first-order valence-electron chi connectivity index (χ1n) is 9.24. The monoisotopic (exact) mass is 395 g/mol. The third-order valence-corrected chi connectivity index (χ3v) is 6.75. The highest BCUT2D eigenvalue weighted by atomic mass is 32.2. The van der Waals surface area contributed by atoms with Crippen LogP contribution in [-0.4, -0.2) is 49.0 Å². The number of amides is 2. The molecular weight excluding hydrogens is 370 g/mol. The van der Waals surface area contributed by atoms with Crippen LogP contribution < -0.4 is 15.4 Å². The minimum absolute atomic E-state index is 0.0866. The van der Waals surface area contributed by atoms with E-state index in [0.29, 0.717) is 36.5 Å². The van der Waals surface area contributed by atoms with Crippen molar-refractivity contribution in [3.8, 4) is 5.75 Å². The normalized spacial score (nSPS) is 22.4. The fourth-order valence-corrected chi connectivity index (χ4v) is 5.05. The summed E-state index contributed by atoms with van der Waals surface area (Å²) in [7, 11) is -3.39. The smallest absolute Gasteiger partial charge is 0.265 e. The largest absolute Gasteiger partial charge is 0.479 e. The number of nitrogens with one attached hydrogen (secondary N) is 2. The average Bonchev–Trinajstić information content (AvgIpc) is 2.96. The van der Waals surface area contributed by atoms with Crippen LogP contribution in [0, 0.1) is 0 Å². The van der Waals surface area contributed by atoms with E-state index in [4.69, 9.17) is 4.74 Å². The average molecular weight is 395 g/mol. The van der Waals surface area contributed by atoms with E-state index in [1.54, 1.807) is 25.1 Å². The van der Waals surface area contributed by atoms with Crippen LogP contribution in [0.2, 0.25) is 0 Å². The maximum atomic E-state index is 12.8. The molecule has 2 atom stereocenters. The van der Waals surface area contributed by atoms with E-state index < -0.39 is 22.2 Å². The minimum Gasteiger partial charge on any atom is -0.479 e. The quantitative estimate of drug-likeness (QED) is 0.766. The van der Waals surface area contributed by atoms with Crippen LogP contribution in [0.4, 0.5) is 11.4 Å². The number of fused-ring (bicyclic) bond motifs is 1. The van der Waals surface area contributed by atoms with Gasteiger partial charge >= 0.3 is 0 Å². The van der Waals surface area contributed by atoms with Crippen molar-refractivity contribution in [1.82, 2.24) is 4.31 Å². The third kappa shape index (κ3) is 4.24. The maximum Gasteiger partial charge on any atom is 0.265 e. The number of ether oxygens (including phenoxy) is 1. The Morgan fingerprint density at radius 1 is 1.44 bits per heavy atom. The van der Waals surface area contributed by atoms with Crippen molar-refractivity contribution in [3.63, 3.8) is 0 Å². The fourth-order valence-electron chi connectivity index (χ4n) is 3.32. The summed E-state index contributed by atoms with van der Waals surface area (Å²) in [6.07, 6.45) is 2.08. The molecule has 0 spiro atoms. The molecule has 2 N–H and O–H groups in total. The molecule has 27 heavy (non-hydrogen) atoms. The number of carbonyl (C=O) groups excluding carboxylic acids is 2. The Balaban J connectivity index is 1.77. The molecule has 1 saturated heterocycles. The first-order valence-corrected chi connectivity index (χ1v) is 10.8. The molecule has 2 heterocycles. The molecule has 148 valence electrons. The lowest BCUT2D eigenvalue weighted by Crippen LogP contribution is -2.45. The number of nitrogens with zero attached hydrogens (tertiary/aromatic N) is 1. The molecule has 0 bridgehead atoms. The fraction of sp³-hybridized carbons (Fsp3) is 0.556. The van der Waals surface area contributed by atoms with Crippen molar-refractivity contribution in [2.75, 3.05) is 22.9 Å². The number of sulfonamides is 1. The first-order chi connectivity index (χ1) is 12.8. The van der Waals surface area contributed by atoms with E-state index in [1.807, 2.05) is 6.92 Å². The molecule has 0 radical (unpaired) electrons. The van der Waals surface area contributed by atoms with Gasteiger partial charge < -0.3 is 15.4 Å². The molecule has 1 fully saturated rings. The molecule has 2 amide bonds. The van der Waals surface area contributed by atoms with Crippen LogP contribution in [0.1, 0.15) is 39.5 Å². The Kier molecular flexibility index (Phi) is 5.71. The molecule has 3 rings (SSSR count). The zero-order chi connectivity index (χ0) is 19.6. The Morgan fingerprint density at radius 3 is 2.89 bits per heavy atom. The summed E-state index contributed by atoms with van der Waals surface area (Å²) in [6, 6.07) is 4.25. The minimum atomic E-state index is -3.39. The zero-order valence-electron chi connectivity index (χ0n) is 15.5. The highest BCUT2D eigenvalue weighted by Crippen LogP contribution is 2.32. The number of hydrogen-bond acceptors (Lipinski definition) is 5. The maximum absolute atomic E-state index is 12.8. The van der Waals surface area contributed by atoms with Crippen molar-refractivity contribution >= 4 is 33.2 Å². The first kappa shape index (κ1) is 19.6. The molecular formula is C18H25N3O5S. The Morgan fingerprint density at radius 2 is 2.22 bits per heavy atom. The standard InChI is InChI=1S/C18H25N3O5S/c1-3-4-6-15(21-9-5-10-27(21,24)25)18(23)19-13-7-8-16-14(11-13)20-17(22)12(2)26-16/h7-8,11-12,15H,3-6,9-10H2,1-2H3,(H,19,23)(H,20,22)/t12-,15+/m1/s1. The number of benzene rings is 1. The second kappa shape index (κ2) is 7.85. The molecule has 0 aromatic heterocycles. The summed E-state index contributed by atoms with van der Waals surface area (Å²) >= 11 is 0. The van der Waals surface area contributed by atoms with E-state index >= 15 is 0 Å². The zero-order valence-corrected chi connectivity index (χ0v) is 16.3. The third-order valence-electron chi connectivity index (χ3n) is 4.80. The van der Waals surface area contributed by atoms with Gasteiger partial charge in [-0.3, -0.25) is 9.59 Å². The molecule has 0 saturated carbocycles. The number of rotatable bonds is 6. The Hall–Kier alpha value is -2.13. The SMILES string of the molecule is CCCC[C@@H](C(=O)Nc1ccc2c(c1)NC(=O)[C@@H](C)O2)N1CCCS1(=O)=O. The number of hydrogen-bond donors (Lipinski definition) is 2. The lowest BCUT2D eigenvalue weighted by Gasteiger charge is -2.26. The molecule has 8 nitrogen and oxygen atoms in total. The number of carbonyl (C=O) groups is 2. The summed E-state index contributed by atoms with van der Waals surface area (Å²) in [4.78, 5) is 24.6. The van der Waals surface area contributed by atoms with Gasteiger partial charge in [0, 0.05) is 12.2 Å². The van der Waals surface area contributed by atoms with Crippen molar-refractivity contribution < 1.29 is 22.7 Å². The summed E-state index contributed by atoms with van der Waals surface area (Å²) in [5.74, 6) is 0.00792. The molecule has 1 aromatic rings. The number of anilines is 2. The molecule has 2 aliphatic heterocycles. The molecule has 9 heteroatoms. The predicted octanol–water partition coefficient (Wildman–Crippen LogP) is 1.94. The highest BCUT2D eigenvalue weighted by molar-refractivity contribution is 7.89. The van der Waals surface area contributed by atoms with Crippen LogP contribution in [0.3, 0.4) is 0 Å². The van der Waals surface area contributed by atoms with Gasteiger partial charge in [0.15, 0.2) is 6.10 Å². The lowest BCUT2D eigenvalue weighted by atomic mass is 10.1. The van der Waals surface area contributed by atoms with Gasteiger partial charge in [-0.25, -0.2) is 8.42 Å². The number of unbranched alkanes of at least 4 members (excludes halogenated alkanes) is 1. The molecule has 0 aliphatic carbocycles. The second-order valence-electron chi connectivity index (χ2n) is 6.89. The van der Waals surface area contributed by atoms with E-state index in [9.17, 15) is 18.0 Å². The summed E-state index contributed by atoms with van der Waals surface area (Å²) < 4.78 is 31.4.